The van der Waals surface area contributed by atoms with E-state index in [2.05, 4.69) is 10.1 Å². The summed E-state index contributed by atoms with van der Waals surface area (Å²) in [5.41, 5.74) is 3.06. The fourth-order valence-corrected chi connectivity index (χ4v) is 3.67. The largest absolute Gasteiger partial charge is 0.550 e. The maximum atomic E-state index is 12.7. The van der Waals surface area contributed by atoms with Gasteiger partial charge in [0.05, 0.1) is 17.8 Å². The van der Waals surface area contributed by atoms with Crippen molar-refractivity contribution >= 4 is 40.1 Å². The Morgan fingerprint density at radius 1 is 1.28 bits per heavy atom. The molecule has 0 aliphatic carbocycles. The molecule has 148 valence electrons. The highest BCUT2D eigenvalue weighted by Crippen LogP contribution is 2.37. The lowest BCUT2D eigenvalue weighted by Crippen LogP contribution is -2.30. The number of amides is 1. The summed E-state index contributed by atoms with van der Waals surface area (Å²) in [4.78, 5) is 28.0. The number of aryl methyl sites for hydroxylation is 1. The van der Waals surface area contributed by atoms with Gasteiger partial charge in [0.15, 0.2) is 0 Å². The Balaban J connectivity index is 1.73. The van der Waals surface area contributed by atoms with Crippen LogP contribution in [0.1, 0.15) is 42.2 Å². The molecule has 0 spiro atoms. The lowest BCUT2D eigenvalue weighted by molar-refractivity contribution is -0.305. The number of hydrogen-bond donors (Lipinski definition) is 0. The summed E-state index contributed by atoms with van der Waals surface area (Å²) >= 11 is 6.48. The Kier molecular flexibility index (Phi) is 5.07. The first kappa shape index (κ1) is 19.1. The van der Waals surface area contributed by atoms with Crippen molar-refractivity contribution in [3.8, 4) is 0 Å². The molecular formula is C21H17ClN3O4-. The van der Waals surface area contributed by atoms with E-state index in [-0.39, 0.29) is 18.0 Å². The summed E-state index contributed by atoms with van der Waals surface area (Å²) in [6, 6.07) is 10.7. The molecule has 1 aliphatic heterocycles. The van der Waals surface area contributed by atoms with Crippen LogP contribution in [0.5, 0.6) is 0 Å². The molecule has 0 saturated heterocycles. The number of nitrogens with zero attached hydrogens (tertiary/aromatic N) is 3. The van der Waals surface area contributed by atoms with Crippen molar-refractivity contribution < 1.29 is 19.1 Å². The molecule has 1 atom stereocenters. The second-order valence-electron chi connectivity index (χ2n) is 6.92. The standard InChI is InChI=1S/C21H18ClN3O4/c1-12-4-5-13-10-14(21(22)23-15(13)9-12)17-11-16(18-3-2-8-29-18)24-25(17)19(26)6-7-20(27)28/h2-5,8-10,17H,6-7,11H2,1H3,(H,27,28)/p-1/t17-/m0/s1. The molecule has 3 heterocycles. The number of hydrogen-bond acceptors (Lipinski definition) is 6. The van der Waals surface area contributed by atoms with E-state index in [1.807, 2.05) is 31.2 Å². The molecule has 0 N–H and O–H groups in total. The van der Waals surface area contributed by atoms with E-state index in [0.29, 0.717) is 23.5 Å². The number of carboxylic acids is 1. The highest BCUT2D eigenvalue weighted by molar-refractivity contribution is 6.30. The van der Waals surface area contributed by atoms with Crippen LogP contribution < -0.4 is 5.11 Å². The first-order valence-electron chi connectivity index (χ1n) is 9.12. The predicted octanol–water partition coefficient (Wildman–Crippen LogP) is 3.00. The first-order chi connectivity index (χ1) is 13.9. The van der Waals surface area contributed by atoms with Gasteiger partial charge in [0, 0.05) is 29.8 Å². The number of aliphatic carboxylic acids is 1. The van der Waals surface area contributed by atoms with Gasteiger partial charge < -0.3 is 14.3 Å². The molecule has 1 amide bonds. The zero-order valence-corrected chi connectivity index (χ0v) is 16.3. The quantitative estimate of drug-likeness (QED) is 0.602. The molecule has 1 aliphatic rings. The summed E-state index contributed by atoms with van der Waals surface area (Å²) in [6.45, 7) is 1.97. The van der Waals surface area contributed by atoms with Gasteiger partial charge in [-0.3, -0.25) is 4.79 Å². The third-order valence-corrected chi connectivity index (χ3v) is 5.13. The third-order valence-electron chi connectivity index (χ3n) is 4.83. The van der Waals surface area contributed by atoms with E-state index in [1.165, 1.54) is 11.3 Å². The molecule has 2 aromatic heterocycles. The number of carbonyl (C=O) groups is 2. The summed E-state index contributed by atoms with van der Waals surface area (Å²) in [7, 11) is 0. The van der Waals surface area contributed by atoms with Gasteiger partial charge in [0.2, 0.25) is 5.91 Å². The highest BCUT2D eigenvalue weighted by atomic mass is 35.5. The molecule has 29 heavy (non-hydrogen) atoms. The third kappa shape index (κ3) is 3.86. The first-order valence-corrected chi connectivity index (χ1v) is 9.50. The van der Waals surface area contributed by atoms with E-state index in [9.17, 15) is 14.7 Å². The SMILES string of the molecule is Cc1ccc2cc([C@@H]3CC(c4ccco4)=NN3C(=O)CCC(=O)[O-])c(Cl)nc2c1. The van der Waals surface area contributed by atoms with Gasteiger partial charge >= 0.3 is 0 Å². The number of halogens is 1. The van der Waals surface area contributed by atoms with Crippen molar-refractivity contribution in [3.05, 3.63) is 64.7 Å². The van der Waals surface area contributed by atoms with Gasteiger partial charge in [0.1, 0.15) is 16.6 Å². The Morgan fingerprint density at radius 3 is 2.83 bits per heavy atom. The monoisotopic (exact) mass is 410 g/mol. The molecule has 1 aromatic carbocycles. The maximum Gasteiger partial charge on any atom is 0.243 e. The zero-order chi connectivity index (χ0) is 20.5. The molecule has 4 rings (SSSR count). The molecule has 7 nitrogen and oxygen atoms in total. The Bertz CT molecular complexity index is 1120. The van der Waals surface area contributed by atoms with Gasteiger partial charge in [-0.15, -0.1) is 0 Å². The van der Waals surface area contributed by atoms with Crippen LogP contribution >= 0.6 is 11.6 Å². The van der Waals surface area contributed by atoms with Crippen molar-refractivity contribution in [3.63, 3.8) is 0 Å². The minimum atomic E-state index is -1.29. The average Bonchev–Trinajstić information content (AvgIpc) is 3.35. The molecule has 0 bridgehead atoms. The number of furan rings is 1. The number of carboxylic acid groups (broad SMARTS) is 1. The van der Waals surface area contributed by atoms with Gasteiger partial charge in [-0.1, -0.05) is 23.7 Å². The number of pyridine rings is 1. The van der Waals surface area contributed by atoms with Crippen molar-refractivity contribution in [1.29, 1.82) is 0 Å². The summed E-state index contributed by atoms with van der Waals surface area (Å²) in [5.74, 6) is -1.17. The Labute approximate surface area is 171 Å². The molecule has 0 fully saturated rings. The second-order valence-corrected chi connectivity index (χ2v) is 7.28. The normalized spacial score (nSPS) is 16.3. The average molecular weight is 411 g/mol. The van der Waals surface area contributed by atoms with E-state index in [4.69, 9.17) is 16.0 Å². The molecule has 0 saturated carbocycles. The molecule has 0 radical (unpaired) electrons. The topological polar surface area (TPSA) is 98.8 Å². The number of fused-ring (bicyclic) bond motifs is 1. The van der Waals surface area contributed by atoms with Crippen LogP contribution in [-0.4, -0.2) is 27.6 Å². The van der Waals surface area contributed by atoms with E-state index in [1.54, 1.807) is 12.1 Å². The van der Waals surface area contributed by atoms with Gasteiger partial charge in [-0.25, -0.2) is 9.99 Å². The predicted molar refractivity (Wildman–Crippen MR) is 105 cm³/mol. The number of hydrazone groups is 1. The summed E-state index contributed by atoms with van der Waals surface area (Å²) in [6.07, 6.45) is 1.31. The number of benzene rings is 1. The Morgan fingerprint density at radius 2 is 2.10 bits per heavy atom. The van der Waals surface area contributed by atoms with Crippen LogP contribution in [0.4, 0.5) is 0 Å². The molecule has 0 unspecified atom stereocenters. The van der Waals surface area contributed by atoms with E-state index in [0.717, 1.165) is 16.5 Å². The smallest absolute Gasteiger partial charge is 0.243 e. The molecular weight excluding hydrogens is 394 g/mol. The van der Waals surface area contributed by atoms with Crippen LogP contribution in [0.25, 0.3) is 10.9 Å². The summed E-state index contributed by atoms with van der Waals surface area (Å²) < 4.78 is 5.42. The van der Waals surface area contributed by atoms with Gasteiger partial charge in [-0.05, 0) is 43.2 Å². The summed E-state index contributed by atoms with van der Waals surface area (Å²) in [5, 5.41) is 17.6. The minimum absolute atomic E-state index is 0.217. The lowest BCUT2D eigenvalue weighted by atomic mass is 10.00. The van der Waals surface area contributed by atoms with Crippen LogP contribution in [0.15, 0.2) is 52.2 Å². The molecule has 8 heteroatoms. The fourth-order valence-electron chi connectivity index (χ4n) is 3.40. The number of aromatic nitrogens is 1. The van der Waals surface area contributed by atoms with Crippen LogP contribution in [0, 0.1) is 6.92 Å². The highest BCUT2D eigenvalue weighted by Gasteiger charge is 2.35. The minimum Gasteiger partial charge on any atom is -0.550 e. The van der Waals surface area contributed by atoms with Crippen molar-refractivity contribution in [1.82, 2.24) is 9.99 Å². The van der Waals surface area contributed by atoms with Crippen molar-refractivity contribution in [2.24, 2.45) is 5.10 Å². The van der Waals surface area contributed by atoms with Crippen molar-refractivity contribution in [2.75, 3.05) is 0 Å². The van der Waals surface area contributed by atoms with E-state index >= 15 is 0 Å². The Hall–Kier alpha value is -3.19. The maximum absolute atomic E-state index is 12.7. The van der Waals surface area contributed by atoms with Crippen LogP contribution in [0.3, 0.4) is 0 Å². The fraction of sp³-hybridized carbons (Fsp3) is 0.238. The lowest BCUT2D eigenvalue weighted by Gasteiger charge is -2.23. The second kappa shape index (κ2) is 7.67. The van der Waals surface area contributed by atoms with E-state index < -0.39 is 17.9 Å². The van der Waals surface area contributed by atoms with Crippen LogP contribution in [-0.2, 0) is 9.59 Å². The molecule has 3 aromatic rings. The number of carbonyl (C=O) groups excluding carboxylic acids is 2. The van der Waals surface area contributed by atoms with Crippen LogP contribution in [0.2, 0.25) is 5.15 Å². The van der Waals surface area contributed by atoms with Gasteiger partial charge in [0.25, 0.3) is 0 Å². The van der Waals surface area contributed by atoms with Gasteiger partial charge in [-0.2, -0.15) is 5.10 Å². The van der Waals surface area contributed by atoms with Crippen molar-refractivity contribution in [2.45, 2.75) is 32.2 Å². The zero-order valence-electron chi connectivity index (χ0n) is 15.6. The number of rotatable bonds is 5.